The van der Waals surface area contributed by atoms with Crippen molar-refractivity contribution in [3.8, 4) is 0 Å². The summed E-state index contributed by atoms with van der Waals surface area (Å²) in [5.74, 6) is 0.0885. The quantitative estimate of drug-likeness (QED) is 0.522. The van der Waals surface area contributed by atoms with Gasteiger partial charge in [-0.3, -0.25) is 18.8 Å². The molecule has 1 N–H and O–H groups in total. The lowest BCUT2D eigenvalue weighted by Gasteiger charge is -2.11. The molecule has 148 valence electrons. The molecule has 0 aliphatic heterocycles. The molecule has 0 bridgehead atoms. The number of aryl methyl sites for hydroxylation is 1. The Labute approximate surface area is 174 Å². The summed E-state index contributed by atoms with van der Waals surface area (Å²) >= 11 is 12.1. The first-order valence-corrected chi connectivity index (χ1v) is 9.30. The number of hydrogen-bond donors (Lipinski definition) is 1. The van der Waals surface area contributed by atoms with Crippen molar-refractivity contribution in [3.63, 3.8) is 0 Å². The van der Waals surface area contributed by atoms with Gasteiger partial charge in [0.05, 0.1) is 18.9 Å². The van der Waals surface area contributed by atoms with Crippen LogP contribution in [0.15, 0.2) is 47.8 Å². The van der Waals surface area contributed by atoms with Crippen LogP contribution in [0.3, 0.4) is 0 Å². The smallest absolute Gasteiger partial charge is 0.264 e. The number of carbonyl (C=O) groups is 1. The third kappa shape index (κ3) is 3.87. The molecule has 0 atom stereocenters. The highest BCUT2D eigenvalue weighted by molar-refractivity contribution is 6.35. The lowest BCUT2D eigenvalue weighted by Crippen LogP contribution is -2.28. The maximum Gasteiger partial charge on any atom is 0.264 e. The van der Waals surface area contributed by atoms with Crippen LogP contribution in [-0.4, -0.2) is 35.0 Å². The average Bonchev–Trinajstić information content (AvgIpc) is 3.27. The monoisotopic (exact) mass is 431 g/mol. The van der Waals surface area contributed by atoms with Crippen molar-refractivity contribution in [1.82, 2.24) is 29.1 Å². The fourth-order valence-electron chi connectivity index (χ4n) is 2.89. The van der Waals surface area contributed by atoms with E-state index in [1.165, 1.54) is 21.8 Å². The Morgan fingerprint density at radius 1 is 1.21 bits per heavy atom. The van der Waals surface area contributed by atoms with Crippen LogP contribution in [0, 0.1) is 0 Å². The minimum absolute atomic E-state index is 0.191. The van der Waals surface area contributed by atoms with Gasteiger partial charge in [-0.15, -0.1) is 0 Å². The molecule has 0 fully saturated rings. The Bertz CT molecular complexity index is 1270. The molecule has 4 rings (SSSR count). The second kappa shape index (κ2) is 7.69. The zero-order chi connectivity index (χ0) is 20.5. The maximum atomic E-state index is 12.5. The summed E-state index contributed by atoms with van der Waals surface area (Å²) in [7, 11) is 1.69. The maximum absolute atomic E-state index is 12.5. The molecule has 0 unspecified atom stereocenters. The predicted octanol–water partition coefficient (Wildman–Crippen LogP) is 2.32. The number of rotatable bonds is 5. The highest BCUT2D eigenvalue weighted by Gasteiger charge is 2.13. The van der Waals surface area contributed by atoms with Gasteiger partial charge in [0, 0.05) is 23.2 Å². The van der Waals surface area contributed by atoms with Gasteiger partial charge in [0.15, 0.2) is 5.65 Å². The van der Waals surface area contributed by atoms with E-state index in [1.807, 2.05) is 0 Å². The molecule has 29 heavy (non-hydrogen) atoms. The molecular weight excluding hydrogens is 417 g/mol. The summed E-state index contributed by atoms with van der Waals surface area (Å²) in [5, 5.41) is 12.4. The van der Waals surface area contributed by atoms with E-state index < -0.39 is 0 Å². The summed E-state index contributed by atoms with van der Waals surface area (Å²) < 4.78 is 4.33. The molecule has 11 heteroatoms. The highest BCUT2D eigenvalue weighted by atomic mass is 35.5. The molecule has 0 spiro atoms. The summed E-state index contributed by atoms with van der Waals surface area (Å²) in [5.41, 5.74) is 0.932. The van der Waals surface area contributed by atoms with Crippen LogP contribution in [-0.2, 0) is 24.9 Å². The zero-order valence-electron chi connectivity index (χ0n) is 15.2. The van der Waals surface area contributed by atoms with E-state index in [9.17, 15) is 9.59 Å². The fourth-order valence-corrected chi connectivity index (χ4v) is 3.36. The molecule has 0 saturated carbocycles. The molecule has 0 aliphatic carbocycles. The Morgan fingerprint density at radius 3 is 2.83 bits per heavy atom. The van der Waals surface area contributed by atoms with E-state index in [-0.39, 0.29) is 18.0 Å². The lowest BCUT2D eigenvalue weighted by atomic mass is 10.2. The molecule has 3 aromatic heterocycles. The zero-order valence-corrected chi connectivity index (χ0v) is 16.7. The summed E-state index contributed by atoms with van der Waals surface area (Å²) in [6, 6.07) is 6.84. The van der Waals surface area contributed by atoms with Crippen LogP contribution in [0.5, 0.6) is 0 Å². The van der Waals surface area contributed by atoms with Crippen LogP contribution in [0.4, 0.5) is 5.82 Å². The van der Waals surface area contributed by atoms with E-state index >= 15 is 0 Å². The number of aromatic nitrogens is 6. The molecule has 0 radical (unpaired) electrons. The van der Waals surface area contributed by atoms with E-state index in [1.54, 1.807) is 42.2 Å². The van der Waals surface area contributed by atoms with E-state index in [4.69, 9.17) is 23.2 Å². The Kier molecular flexibility index (Phi) is 5.08. The van der Waals surface area contributed by atoms with Crippen LogP contribution in [0.25, 0.3) is 11.0 Å². The first-order valence-electron chi connectivity index (χ1n) is 8.55. The molecule has 3 heterocycles. The second-order valence-corrected chi connectivity index (χ2v) is 7.18. The van der Waals surface area contributed by atoms with Crippen molar-refractivity contribution in [2.75, 3.05) is 5.32 Å². The largest absolute Gasteiger partial charge is 0.309 e. The van der Waals surface area contributed by atoms with Gasteiger partial charge < -0.3 is 5.32 Å². The van der Waals surface area contributed by atoms with Crippen LogP contribution < -0.4 is 10.9 Å². The van der Waals surface area contributed by atoms with E-state index in [0.29, 0.717) is 33.4 Å². The van der Waals surface area contributed by atoms with Crippen molar-refractivity contribution in [2.24, 2.45) is 7.05 Å². The number of halogens is 2. The number of hydrogen-bond acceptors (Lipinski definition) is 5. The third-order valence-electron chi connectivity index (χ3n) is 4.35. The SMILES string of the molecule is Cn1ncc2c(=O)n(CC(=O)Nc3ccnn3Cc3ccc(Cl)cc3Cl)cnc21. The highest BCUT2D eigenvalue weighted by Crippen LogP contribution is 2.22. The minimum atomic E-state index is -0.388. The van der Waals surface area contributed by atoms with Gasteiger partial charge >= 0.3 is 0 Å². The van der Waals surface area contributed by atoms with Gasteiger partial charge in [0.1, 0.15) is 24.1 Å². The van der Waals surface area contributed by atoms with Gasteiger partial charge in [-0.05, 0) is 17.7 Å². The molecule has 0 saturated heterocycles. The number of anilines is 1. The van der Waals surface area contributed by atoms with Gasteiger partial charge in [-0.2, -0.15) is 10.2 Å². The summed E-state index contributed by atoms with van der Waals surface area (Å²) in [6.45, 7) is 0.158. The van der Waals surface area contributed by atoms with Crippen LogP contribution in [0.2, 0.25) is 10.0 Å². The average molecular weight is 432 g/mol. The normalized spacial score (nSPS) is 11.1. The molecule has 0 aliphatic rings. The molecular formula is C18H15Cl2N7O2. The first-order chi connectivity index (χ1) is 13.9. The Morgan fingerprint density at radius 2 is 2.03 bits per heavy atom. The fraction of sp³-hybridized carbons (Fsp3) is 0.167. The van der Waals surface area contributed by atoms with E-state index in [0.717, 1.165) is 5.56 Å². The molecule has 9 nitrogen and oxygen atoms in total. The van der Waals surface area contributed by atoms with Crippen molar-refractivity contribution in [3.05, 3.63) is 68.9 Å². The lowest BCUT2D eigenvalue weighted by molar-refractivity contribution is -0.116. The third-order valence-corrected chi connectivity index (χ3v) is 4.94. The van der Waals surface area contributed by atoms with E-state index in [2.05, 4.69) is 20.5 Å². The van der Waals surface area contributed by atoms with Crippen LogP contribution >= 0.6 is 23.2 Å². The Hall–Kier alpha value is -3.17. The van der Waals surface area contributed by atoms with Crippen molar-refractivity contribution >= 4 is 46.0 Å². The molecule has 1 aromatic carbocycles. The molecule has 1 amide bonds. The van der Waals surface area contributed by atoms with Crippen molar-refractivity contribution < 1.29 is 4.79 Å². The number of nitrogens with zero attached hydrogens (tertiary/aromatic N) is 6. The van der Waals surface area contributed by atoms with Crippen LogP contribution in [0.1, 0.15) is 5.56 Å². The van der Waals surface area contributed by atoms with Gasteiger partial charge in [0.25, 0.3) is 5.56 Å². The topological polar surface area (TPSA) is 99.6 Å². The number of benzene rings is 1. The molecule has 4 aromatic rings. The summed E-state index contributed by atoms with van der Waals surface area (Å²) in [4.78, 5) is 29.2. The number of amides is 1. The number of nitrogens with one attached hydrogen (secondary N) is 1. The van der Waals surface area contributed by atoms with Crippen molar-refractivity contribution in [2.45, 2.75) is 13.1 Å². The van der Waals surface area contributed by atoms with Crippen molar-refractivity contribution in [1.29, 1.82) is 0 Å². The van der Waals surface area contributed by atoms with Gasteiger partial charge in [-0.1, -0.05) is 29.3 Å². The standard InChI is InChI=1S/C18H15Cl2N7O2/c1-25-17-13(7-23-25)18(29)26(10-21-17)9-16(28)24-15-4-5-22-27(15)8-11-2-3-12(19)6-14(11)20/h2-7,10H,8-9H2,1H3,(H,24,28). The second-order valence-electron chi connectivity index (χ2n) is 6.34. The number of carbonyl (C=O) groups excluding carboxylic acids is 1. The minimum Gasteiger partial charge on any atom is -0.309 e. The van der Waals surface area contributed by atoms with Gasteiger partial charge in [-0.25, -0.2) is 9.67 Å². The van der Waals surface area contributed by atoms with Gasteiger partial charge in [0.2, 0.25) is 5.91 Å². The predicted molar refractivity (Wildman–Crippen MR) is 109 cm³/mol. The Balaban J connectivity index is 1.50. The number of fused-ring (bicyclic) bond motifs is 1. The first kappa shape index (κ1) is 19.2. The summed E-state index contributed by atoms with van der Waals surface area (Å²) in [6.07, 6.45) is 4.33.